The average Bonchev–Trinajstić information content (AvgIpc) is 2.26. The number of benzene rings is 1. The SMILES string of the molecule is COc1ccc2c(c1)CN(C)C(C)(C)C2O. The molecule has 1 aliphatic heterocycles. The zero-order chi connectivity index (χ0) is 11.9. The smallest absolute Gasteiger partial charge is 0.119 e. The summed E-state index contributed by atoms with van der Waals surface area (Å²) in [6.45, 7) is 4.96. The van der Waals surface area contributed by atoms with E-state index < -0.39 is 6.10 Å². The Bertz CT molecular complexity index is 401. The number of hydrogen-bond acceptors (Lipinski definition) is 3. The Morgan fingerprint density at radius 1 is 1.44 bits per heavy atom. The van der Waals surface area contributed by atoms with Gasteiger partial charge in [0, 0.05) is 12.1 Å². The summed E-state index contributed by atoms with van der Waals surface area (Å²) in [4.78, 5) is 2.17. The van der Waals surface area contributed by atoms with Crippen molar-refractivity contribution in [3.63, 3.8) is 0 Å². The van der Waals surface area contributed by atoms with Crippen LogP contribution >= 0.6 is 0 Å². The minimum Gasteiger partial charge on any atom is -0.497 e. The van der Waals surface area contributed by atoms with Gasteiger partial charge in [0.2, 0.25) is 0 Å². The topological polar surface area (TPSA) is 32.7 Å². The first-order chi connectivity index (χ1) is 7.46. The molecule has 2 rings (SSSR count). The number of methoxy groups -OCH3 is 1. The molecule has 0 aromatic heterocycles. The lowest BCUT2D eigenvalue weighted by Gasteiger charge is -2.44. The fourth-order valence-electron chi connectivity index (χ4n) is 2.16. The number of rotatable bonds is 1. The highest BCUT2D eigenvalue weighted by Gasteiger charge is 2.38. The number of hydrogen-bond donors (Lipinski definition) is 1. The Balaban J connectivity index is 2.46. The molecule has 0 radical (unpaired) electrons. The third-order valence-corrected chi connectivity index (χ3v) is 3.71. The van der Waals surface area contributed by atoms with Crippen LogP contribution in [0.3, 0.4) is 0 Å². The molecule has 1 aromatic carbocycles. The summed E-state index contributed by atoms with van der Waals surface area (Å²) in [7, 11) is 3.69. The van der Waals surface area contributed by atoms with E-state index in [1.54, 1.807) is 7.11 Å². The van der Waals surface area contributed by atoms with Gasteiger partial charge >= 0.3 is 0 Å². The molecule has 0 spiro atoms. The van der Waals surface area contributed by atoms with Crippen LogP contribution in [0, 0.1) is 0 Å². The number of fused-ring (bicyclic) bond motifs is 1. The second kappa shape index (κ2) is 3.75. The molecular formula is C13H19NO2. The molecule has 1 heterocycles. The van der Waals surface area contributed by atoms with Gasteiger partial charge in [0.05, 0.1) is 13.2 Å². The van der Waals surface area contributed by atoms with Gasteiger partial charge in [-0.3, -0.25) is 4.90 Å². The van der Waals surface area contributed by atoms with Gasteiger partial charge in [-0.05, 0) is 44.2 Å². The van der Waals surface area contributed by atoms with Crippen molar-refractivity contribution in [2.24, 2.45) is 0 Å². The highest BCUT2D eigenvalue weighted by molar-refractivity contribution is 5.39. The van der Waals surface area contributed by atoms with Crippen LogP contribution in [0.5, 0.6) is 5.75 Å². The first-order valence-electron chi connectivity index (χ1n) is 5.53. The van der Waals surface area contributed by atoms with Crippen molar-refractivity contribution in [1.29, 1.82) is 0 Å². The van der Waals surface area contributed by atoms with Gasteiger partial charge in [-0.1, -0.05) is 6.07 Å². The number of aliphatic hydroxyl groups excluding tert-OH is 1. The van der Waals surface area contributed by atoms with E-state index in [4.69, 9.17) is 4.74 Å². The number of ether oxygens (including phenoxy) is 1. The highest BCUT2D eigenvalue weighted by atomic mass is 16.5. The molecule has 0 saturated heterocycles. The Morgan fingerprint density at radius 2 is 2.12 bits per heavy atom. The van der Waals surface area contributed by atoms with E-state index in [9.17, 15) is 5.11 Å². The van der Waals surface area contributed by atoms with Crippen molar-refractivity contribution in [2.45, 2.75) is 32.0 Å². The highest BCUT2D eigenvalue weighted by Crippen LogP contribution is 2.39. The summed E-state index contributed by atoms with van der Waals surface area (Å²) in [6, 6.07) is 5.88. The molecular weight excluding hydrogens is 202 g/mol. The lowest BCUT2D eigenvalue weighted by molar-refractivity contribution is -0.0156. The van der Waals surface area contributed by atoms with E-state index in [-0.39, 0.29) is 5.54 Å². The molecule has 1 aliphatic rings. The zero-order valence-corrected chi connectivity index (χ0v) is 10.3. The van der Waals surface area contributed by atoms with Crippen molar-refractivity contribution in [1.82, 2.24) is 4.90 Å². The van der Waals surface area contributed by atoms with E-state index in [2.05, 4.69) is 18.7 Å². The first-order valence-corrected chi connectivity index (χ1v) is 5.53. The maximum absolute atomic E-state index is 10.3. The Morgan fingerprint density at radius 3 is 2.75 bits per heavy atom. The summed E-state index contributed by atoms with van der Waals surface area (Å²) in [5, 5.41) is 10.3. The second-order valence-corrected chi connectivity index (χ2v) is 4.98. The third-order valence-electron chi connectivity index (χ3n) is 3.71. The maximum Gasteiger partial charge on any atom is 0.119 e. The molecule has 1 N–H and O–H groups in total. The van der Waals surface area contributed by atoms with E-state index >= 15 is 0 Å². The summed E-state index contributed by atoms with van der Waals surface area (Å²) < 4.78 is 5.20. The molecule has 88 valence electrons. The van der Waals surface area contributed by atoms with E-state index in [1.165, 1.54) is 0 Å². The molecule has 0 bridgehead atoms. The van der Waals surface area contributed by atoms with E-state index in [0.29, 0.717) is 0 Å². The largest absolute Gasteiger partial charge is 0.497 e. The number of nitrogens with zero attached hydrogens (tertiary/aromatic N) is 1. The number of likely N-dealkylation sites (N-methyl/N-ethyl adjacent to an activating group) is 1. The Labute approximate surface area is 96.6 Å². The van der Waals surface area contributed by atoms with Crippen molar-refractivity contribution < 1.29 is 9.84 Å². The summed E-state index contributed by atoms with van der Waals surface area (Å²) in [5.74, 6) is 0.846. The lowest BCUT2D eigenvalue weighted by Crippen LogP contribution is -2.49. The van der Waals surface area contributed by atoms with Gasteiger partial charge in [0.1, 0.15) is 5.75 Å². The first kappa shape index (κ1) is 11.4. The Hall–Kier alpha value is -1.06. The zero-order valence-electron chi connectivity index (χ0n) is 10.3. The number of aliphatic hydroxyl groups is 1. The molecule has 1 atom stereocenters. The maximum atomic E-state index is 10.3. The van der Waals surface area contributed by atoms with Crippen LogP contribution in [0.4, 0.5) is 0 Å². The van der Waals surface area contributed by atoms with Crippen LogP contribution in [0.2, 0.25) is 0 Å². The molecule has 16 heavy (non-hydrogen) atoms. The molecule has 3 nitrogen and oxygen atoms in total. The molecule has 0 fully saturated rings. The average molecular weight is 221 g/mol. The van der Waals surface area contributed by atoms with Gasteiger partial charge in [-0.2, -0.15) is 0 Å². The minimum absolute atomic E-state index is 0.221. The van der Waals surface area contributed by atoms with Crippen LogP contribution in [0.25, 0.3) is 0 Å². The van der Waals surface area contributed by atoms with Crippen LogP contribution in [0.1, 0.15) is 31.1 Å². The summed E-state index contributed by atoms with van der Waals surface area (Å²) >= 11 is 0. The van der Waals surface area contributed by atoms with E-state index in [1.807, 2.05) is 25.2 Å². The van der Waals surface area contributed by atoms with Crippen molar-refractivity contribution in [3.05, 3.63) is 29.3 Å². The molecule has 0 amide bonds. The monoisotopic (exact) mass is 221 g/mol. The van der Waals surface area contributed by atoms with Gasteiger partial charge in [0.25, 0.3) is 0 Å². The van der Waals surface area contributed by atoms with Crippen LogP contribution in [-0.4, -0.2) is 29.7 Å². The molecule has 1 unspecified atom stereocenters. The summed E-state index contributed by atoms with van der Waals surface area (Å²) in [5.41, 5.74) is 1.94. The van der Waals surface area contributed by atoms with Crippen molar-refractivity contribution in [3.8, 4) is 5.75 Å². The second-order valence-electron chi connectivity index (χ2n) is 4.98. The lowest BCUT2D eigenvalue weighted by atomic mass is 9.83. The fourth-order valence-corrected chi connectivity index (χ4v) is 2.16. The van der Waals surface area contributed by atoms with Crippen LogP contribution in [-0.2, 0) is 6.54 Å². The molecule has 1 aromatic rings. The van der Waals surface area contributed by atoms with Crippen molar-refractivity contribution >= 4 is 0 Å². The van der Waals surface area contributed by atoms with Gasteiger partial charge < -0.3 is 9.84 Å². The standard InChI is InChI=1S/C13H19NO2/c1-13(2)12(15)11-6-5-10(16-4)7-9(11)8-14(13)3/h5-7,12,15H,8H2,1-4H3. The third kappa shape index (κ3) is 1.60. The van der Waals surface area contributed by atoms with Crippen LogP contribution in [0.15, 0.2) is 18.2 Å². The predicted molar refractivity (Wildman–Crippen MR) is 63.5 cm³/mol. The van der Waals surface area contributed by atoms with Gasteiger partial charge in [-0.25, -0.2) is 0 Å². The minimum atomic E-state index is -0.452. The van der Waals surface area contributed by atoms with E-state index in [0.717, 1.165) is 23.4 Å². The predicted octanol–water partition coefficient (Wildman–Crippen LogP) is 1.95. The van der Waals surface area contributed by atoms with Gasteiger partial charge in [-0.15, -0.1) is 0 Å². The quantitative estimate of drug-likeness (QED) is 0.786. The van der Waals surface area contributed by atoms with Crippen LogP contribution < -0.4 is 4.74 Å². The van der Waals surface area contributed by atoms with Crippen molar-refractivity contribution in [2.75, 3.05) is 14.2 Å². The fraction of sp³-hybridized carbons (Fsp3) is 0.538. The molecule has 3 heteroatoms. The normalized spacial score (nSPS) is 23.9. The summed E-state index contributed by atoms with van der Waals surface area (Å²) in [6.07, 6.45) is -0.452. The Kier molecular flexibility index (Phi) is 2.68. The molecule has 0 saturated carbocycles. The van der Waals surface area contributed by atoms with Gasteiger partial charge in [0.15, 0.2) is 0 Å². The molecule has 0 aliphatic carbocycles.